The van der Waals surface area contributed by atoms with Gasteiger partial charge in [0.2, 0.25) is 0 Å². The average molecular weight is 371 g/mol. The molecule has 0 fully saturated rings. The Morgan fingerprint density at radius 2 is 1.04 bits per heavy atom. The lowest BCUT2D eigenvalue weighted by Gasteiger charge is -2.26. The summed E-state index contributed by atoms with van der Waals surface area (Å²) in [6.45, 7) is 8.36. The molecule has 0 spiro atoms. The molecule has 0 unspecified atom stereocenters. The lowest BCUT2D eigenvalue weighted by Crippen LogP contribution is -2.41. The molecule has 0 aliphatic rings. The van der Waals surface area contributed by atoms with Gasteiger partial charge in [-0.05, 0) is 26.2 Å². The van der Waals surface area contributed by atoms with E-state index in [1.165, 1.54) is 57.8 Å². The molecular weight excluding hydrogens is 328 g/mol. The van der Waals surface area contributed by atoms with Gasteiger partial charge in [-0.15, -0.1) is 0 Å². The van der Waals surface area contributed by atoms with Crippen molar-refractivity contribution >= 4 is 11.9 Å². The molecule has 0 atom stereocenters. The van der Waals surface area contributed by atoms with Crippen LogP contribution in [0.2, 0.25) is 0 Å². The minimum Gasteiger partial charge on any atom is -0.465 e. The van der Waals surface area contributed by atoms with Crippen LogP contribution in [0.15, 0.2) is 0 Å². The second-order valence-corrected chi connectivity index (χ2v) is 7.18. The number of carbonyl (C=O) groups is 2. The van der Waals surface area contributed by atoms with Crippen molar-refractivity contribution in [2.75, 3.05) is 13.2 Å². The molecule has 0 bridgehead atoms. The molecule has 0 aromatic rings. The van der Waals surface area contributed by atoms with Crippen LogP contribution in [0.5, 0.6) is 0 Å². The third kappa shape index (κ3) is 9.59. The van der Waals surface area contributed by atoms with Crippen molar-refractivity contribution in [3.05, 3.63) is 0 Å². The quantitative estimate of drug-likeness (QED) is 0.173. The van der Waals surface area contributed by atoms with Gasteiger partial charge in [0.15, 0.2) is 5.41 Å². The molecule has 4 heteroatoms. The average Bonchev–Trinajstić information content (AvgIpc) is 2.64. The van der Waals surface area contributed by atoms with Crippen LogP contribution in [0.4, 0.5) is 0 Å². The first kappa shape index (κ1) is 24.9. The fraction of sp³-hybridized carbons (Fsp3) is 0.909. The van der Waals surface area contributed by atoms with Crippen LogP contribution >= 0.6 is 0 Å². The highest BCUT2D eigenvalue weighted by molar-refractivity contribution is 5.99. The lowest BCUT2D eigenvalue weighted by atomic mass is 9.82. The zero-order valence-corrected chi connectivity index (χ0v) is 17.7. The SMILES string of the molecule is CCCCCCCCCCCCCOC(=O)C(CC)(CC)C(=O)OCC. The van der Waals surface area contributed by atoms with Crippen molar-refractivity contribution in [3.8, 4) is 0 Å². The predicted octanol–water partition coefficient (Wildman–Crippen LogP) is 6.21. The summed E-state index contributed by atoms with van der Waals surface area (Å²) in [5.74, 6) is -0.873. The van der Waals surface area contributed by atoms with Crippen molar-refractivity contribution in [1.82, 2.24) is 0 Å². The maximum Gasteiger partial charge on any atom is 0.323 e. The van der Waals surface area contributed by atoms with Gasteiger partial charge in [0.25, 0.3) is 0 Å². The number of unbranched alkanes of at least 4 members (excludes halogenated alkanes) is 10. The largest absolute Gasteiger partial charge is 0.465 e. The Kier molecular flexibility index (Phi) is 15.5. The van der Waals surface area contributed by atoms with E-state index < -0.39 is 17.4 Å². The molecule has 0 amide bonds. The second kappa shape index (κ2) is 16.1. The molecule has 0 N–H and O–H groups in total. The smallest absolute Gasteiger partial charge is 0.323 e. The third-order valence-electron chi connectivity index (χ3n) is 5.25. The van der Waals surface area contributed by atoms with Gasteiger partial charge < -0.3 is 9.47 Å². The second-order valence-electron chi connectivity index (χ2n) is 7.18. The van der Waals surface area contributed by atoms with Gasteiger partial charge in [0.1, 0.15) is 0 Å². The monoisotopic (exact) mass is 370 g/mol. The van der Waals surface area contributed by atoms with Crippen LogP contribution in [-0.4, -0.2) is 25.2 Å². The molecule has 0 rings (SSSR count). The normalized spacial score (nSPS) is 11.4. The molecule has 4 nitrogen and oxygen atoms in total. The van der Waals surface area contributed by atoms with Crippen LogP contribution < -0.4 is 0 Å². The lowest BCUT2D eigenvalue weighted by molar-refractivity contribution is -0.173. The van der Waals surface area contributed by atoms with Gasteiger partial charge in [-0.2, -0.15) is 0 Å². The summed E-state index contributed by atoms with van der Waals surface area (Å²) in [5.41, 5.74) is -1.13. The highest BCUT2D eigenvalue weighted by Gasteiger charge is 2.45. The molecule has 0 aliphatic carbocycles. The highest BCUT2D eigenvalue weighted by atomic mass is 16.6. The first-order valence-electron chi connectivity index (χ1n) is 10.9. The number of carbonyl (C=O) groups excluding carboxylic acids is 2. The maximum absolute atomic E-state index is 12.4. The zero-order valence-electron chi connectivity index (χ0n) is 17.7. The van der Waals surface area contributed by atoms with E-state index in [9.17, 15) is 9.59 Å². The topological polar surface area (TPSA) is 52.6 Å². The van der Waals surface area contributed by atoms with E-state index in [0.717, 1.165) is 12.8 Å². The van der Waals surface area contributed by atoms with Crippen molar-refractivity contribution in [2.45, 2.75) is 111 Å². The van der Waals surface area contributed by atoms with E-state index in [2.05, 4.69) is 6.92 Å². The van der Waals surface area contributed by atoms with E-state index in [4.69, 9.17) is 9.47 Å². The van der Waals surface area contributed by atoms with Gasteiger partial charge >= 0.3 is 11.9 Å². The highest BCUT2D eigenvalue weighted by Crippen LogP contribution is 2.30. The Morgan fingerprint density at radius 1 is 0.615 bits per heavy atom. The summed E-state index contributed by atoms with van der Waals surface area (Å²) in [7, 11) is 0. The number of rotatable bonds is 17. The fourth-order valence-corrected chi connectivity index (χ4v) is 3.25. The summed E-state index contributed by atoms with van der Waals surface area (Å²) >= 11 is 0. The predicted molar refractivity (Wildman–Crippen MR) is 107 cm³/mol. The van der Waals surface area contributed by atoms with E-state index in [1.807, 2.05) is 13.8 Å². The minimum absolute atomic E-state index is 0.284. The van der Waals surface area contributed by atoms with Crippen LogP contribution in [0.3, 0.4) is 0 Å². The van der Waals surface area contributed by atoms with E-state index in [0.29, 0.717) is 19.4 Å². The molecule has 0 aliphatic heterocycles. The molecule has 0 aromatic carbocycles. The zero-order chi connectivity index (χ0) is 19.7. The molecule has 26 heavy (non-hydrogen) atoms. The van der Waals surface area contributed by atoms with Crippen molar-refractivity contribution < 1.29 is 19.1 Å². The van der Waals surface area contributed by atoms with Crippen LogP contribution in [-0.2, 0) is 19.1 Å². The number of esters is 2. The molecular formula is C22H42O4. The van der Waals surface area contributed by atoms with Crippen LogP contribution in [0, 0.1) is 5.41 Å². The van der Waals surface area contributed by atoms with Gasteiger partial charge in [0, 0.05) is 0 Å². The van der Waals surface area contributed by atoms with E-state index in [1.54, 1.807) is 6.92 Å². The molecule has 0 radical (unpaired) electrons. The molecule has 0 heterocycles. The summed E-state index contributed by atoms with van der Waals surface area (Å²) in [6, 6.07) is 0. The number of hydrogen-bond acceptors (Lipinski definition) is 4. The molecule has 0 saturated heterocycles. The summed E-state index contributed by atoms with van der Waals surface area (Å²) in [4.78, 5) is 24.6. The third-order valence-corrected chi connectivity index (χ3v) is 5.25. The Hall–Kier alpha value is -1.06. The Labute approximate surface area is 161 Å². The fourth-order valence-electron chi connectivity index (χ4n) is 3.25. The summed E-state index contributed by atoms with van der Waals surface area (Å²) in [6.07, 6.45) is 14.7. The first-order valence-corrected chi connectivity index (χ1v) is 10.9. The van der Waals surface area contributed by atoms with Gasteiger partial charge in [-0.25, -0.2) is 0 Å². The van der Waals surface area contributed by atoms with Crippen LogP contribution in [0.25, 0.3) is 0 Å². The van der Waals surface area contributed by atoms with Gasteiger partial charge in [-0.1, -0.05) is 85.0 Å². The van der Waals surface area contributed by atoms with Crippen molar-refractivity contribution in [1.29, 1.82) is 0 Å². The molecule has 0 saturated carbocycles. The standard InChI is InChI=1S/C22H42O4/c1-5-9-10-11-12-13-14-15-16-17-18-19-26-21(24)22(6-2,7-3)20(23)25-8-4/h5-19H2,1-4H3. The first-order chi connectivity index (χ1) is 12.6. The van der Waals surface area contributed by atoms with Crippen molar-refractivity contribution in [2.24, 2.45) is 5.41 Å². The van der Waals surface area contributed by atoms with Gasteiger partial charge in [-0.3, -0.25) is 9.59 Å². The summed E-state index contributed by atoms with van der Waals surface area (Å²) < 4.78 is 10.5. The Bertz CT molecular complexity index is 361. The summed E-state index contributed by atoms with van der Waals surface area (Å²) in [5, 5.41) is 0. The van der Waals surface area contributed by atoms with Crippen LogP contribution in [0.1, 0.15) is 111 Å². The Morgan fingerprint density at radius 3 is 1.46 bits per heavy atom. The van der Waals surface area contributed by atoms with E-state index in [-0.39, 0.29) is 6.61 Å². The Balaban J connectivity index is 3.82. The van der Waals surface area contributed by atoms with Crippen molar-refractivity contribution in [3.63, 3.8) is 0 Å². The molecule has 154 valence electrons. The number of ether oxygens (including phenoxy) is 2. The van der Waals surface area contributed by atoms with E-state index >= 15 is 0 Å². The van der Waals surface area contributed by atoms with Gasteiger partial charge in [0.05, 0.1) is 13.2 Å². The maximum atomic E-state index is 12.4. The minimum atomic E-state index is -1.13. The molecule has 0 aromatic heterocycles. The number of hydrogen-bond donors (Lipinski definition) is 0.